The summed E-state index contributed by atoms with van der Waals surface area (Å²) in [7, 11) is 0. The van der Waals surface area contributed by atoms with Crippen molar-refractivity contribution in [2.45, 2.75) is 44.8 Å². The Morgan fingerprint density at radius 2 is 2.10 bits per heavy atom. The van der Waals surface area contributed by atoms with Crippen LogP contribution >= 0.6 is 0 Å². The van der Waals surface area contributed by atoms with Crippen molar-refractivity contribution in [1.29, 1.82) is 0 Å². The van der Waals surface area contributed by atoms with Gasteiger partial charge >= 0.3 is 0 Å². The van der Waals surface area contributed by atoms with Crippen LogP contribution in [0.5, 0.6) is 0 Å². The minimum absolute atomic E-state index is 0.176. The third kappa shape index (κ3) is 5.06. The van der Waals surface area contributed by atoms with Gasteiger partial charge in [0.15, 0.2) is 0 Å². The maximum atomic E-state index is 13.4. The number of nitrogens with one attached hydrogen (secondary N) is 1. The minimum atomic E-state index is -0.500. The van der Waals surface area contributed by atoms with Crippen LogP contribution in [0.2, 0.25) is 0 Å². The van der Waals surface area contributed by atoms with E-state index in [0.717, 1.165) is 51.0 Å². The zero-order valence-corrected chi connectivity index (χ0v) is 13.1. The predicted octanol–water partition coefficient (Wildman–Crippen LogP) is 2.71. The maximum absolute atomic E-state index is 13.4. The Kier molecular flexibility index (Phi) is 5.73. The lowest BCUT2D eigenvalue weighted by atomic mass is 9.93. The van der Waals surface area contributed by atoms with Gasteiger partial charge in [-0.2, -0.15) is 0 Å². The van der Waals surface area contributed by atoms with Crippen molar-refractivity contribution in [1.82, 2.24) is 10.2 Å². The van der Waals surface area contributed by atoms with Gasteiger partial charge in [-0.1, -0.05) is 19.1 Å². The summed E-state index contributed by atoms with van der Waals surface area (Å²) >= 11 is 0. The third-order valence-electron chi connectivity index (χ3n) is 4.37. The second kappa shape index (κ2) is 7.34. The van der Waals surface area contributed by atoms with Crippen molar-refractivity contribution >= 4 is 0 Å². The number of nitrogens with zero attached hydrogens (tertiary/aromatic N) is 1. The molecule has 1 aliphatic rings. The Balaban J connectivity index is 1.89. The molecule has 2 N–H and O–H groups in total. The first-order valence-electron chi connectivity index (χ1n) is 7.94. The van der Waals surface area contributed by atoms with Crippen molar-refractivity contribution in [3.63, 3.8) is 0 Å². The summed E-state index contributed by atoms with van der Waals surface area (Å²) in [6.07, 6.45) is 2.62. The van der Waals surface area contributed by atoms with Gasteiger partial charge in [0.2, 0.25) is 0 Å². The van der Waals surface area contributed by atoms with Gasteiger partial charge in [0, 0.05) is 19.1 Å². The Morgan fingerprint density at radius 3 is 2.71 bits per heavy atom. The van der Waals surface area contributed by atoms with Crippen LogP contribution in [-0.2, 0) is 0 Å². The topological polar surface area (TPSA) is 35.5 Å². The Bertz CT molecular complexity index is 440. The maximum Gasteiger partial charge on any atom is 0.123 e. The van der Waals surface area contributed by atoms with E-state index in [0.29, 0.717) is 0 Å². The highest BCUT2D eigenvalue weighted by atomic mass is 19.1. The normalized spacial score (nSPS) is 20.4. The van der Waals surface area contributed by atoms with E-state index in [1.807, 2.05) is 13.0 Å². The predicted molar refractivity (Wildman–Crippen MR) is 83.7 cm³/mol. The fourth-order valence-electron chi connectivity index (χ4n) is 2.93. The number of rotatable bonds is 6. The van der Waals surface area contributed by atoms with Gasteiger partial charge in [-0.15, -0.1) is 0 Å². The van der Waals surface area contributed by atoms with E-state index in [9.17, 15) is 9.50 Å². The quantitative estimate of drug-likeness (QED) is 0.847. The van der Waals surface area contributed by atoms with Crippen LogP contribution in [0.25, 0.3) is 0 Å². The molecule has 0 aromatic heterocycles. The molecular formula is C17H27FN2O. The number of hydrogen-bond acceptors (Lipinski definition) is 3. The molecule has 0 aliphatic carbocycles. The zero-order valence-electron chi connectivity index (χ0n) is 13.1. The van der Waals surface area contributed by atoms with Gasteiger partial charge in [-0.05, 0) is 57.0 Å². The Morgan fingerprint density at radius 1 is 1.38 bits per heavy atom. The molecule has 1 heterocycles. The molecule has 0 amide bonds. The molecule has 1 saturated heterocycles. The van der Waals surface area contributed by atoms with E-state index in [1.54, 1.807) is 12.1 Å². The molecule has 0 bridgehead atoms. The standard InChI is InChI=1S/C17H27FN2O/c1-3-19-16(14-5-4-6-15(18)13-14)7-10-20-11-8-17(2,21)9-12-20/h4-6,13,16,19,21H,3,7-12H2,1-2H3. The van der Waals surface area contributed by atoms with Crippen molar-refractivity contribution in [3.8, 4) is 0 Å². The Hall–Kier alpha value is -0.970. The molecule has 0 spiro atoms. The van der Waals surface area contributed by atoms with Crippen molar-refractivity contribution in [2.75, 3.05) is 26.2 Å². The van der Waals surface area contributed by atoms with Crippen LogP contribution in [0.15, 0.2) is 24.3 Å². The van der Waals surface area contributed by atoms with Crippen molar-refractivity contribution in [2.24, 2.45) is 0 Å². The number of benzene rings is 1. The van der Waals surface area contributed by atoms with Gasteiger partial charge in [0.05, 0.1) is 5.60 Å². The van der Waals surface area contributed by atoms with E-state index in [4.69, 9.17) is 0 Å². The smallest absolute Gasteiger partial charge is 0.123 e. The molecule has 1 aromatic carbocycles. The fraction of sp³-hybridized carbons (Fsp3) is 0.647. The number of hydrogen-bond donors (Lipinski definition) is 2. The van der Waals surface area contributed by atoms with Crippen LogP contribution in [0.4, 0.5) is 4.39 Å². The second-order valence-electron chi connectivity index (χ2n) is 6.29. The summed E-state index contributed by atoms with van der Waals surface area (Å²) < 4.78 is 13.4. The molecule has 21 heavy (non-hydrogen) atoms. The fourth-order valence-corrected chi connectivity index (χ4v) is 2.93. The molecule has 118 valence electrons. The lowest BCUT2D eigenvalue weighted by Gasteiger charge is -2.36. The summed E-state index contributed by atoms with van der Waals surface area (Å²) in [5.74, 6) is -0.176. The average molecular weight is 294 g/mol. The number of likely N-dealkylation sites (tertiary alicyclic amines) is 1. The first kappa shape index (κ1) is 16.4. The molecule has 1 fully saturated rings. The number of halogens is 1. The first-order valence-corrected chi connectivity index (χ1v) is 7.94. The molecule has 0 saturated carbocycles. The van der Waals surface area contributed by atoms with Gasteiger partial charge < -0.3 is 15.3 Å². The summed E-state index contributed by atoms with van der Waals surface area (Å²) in [5, 5.41) is 13.4. The largest absolute Gasteiger partial charge is 0.390 e. The molecular weight excluding hydrogens is 267 g/mol. The molecule has 3 nitrogen and oxygen atoms in total. The third-order valence-corrected chi connectivity index (χ3v) is 4.37. The molecule has 1 aromatic rings. The van der Waals surface area contributed by atoms with Gasteiger partial charge in [-0.3, -0.25) is 0 Å². The lowest BCUT2D eigenvalue weighted by molar-refractivity contribution is -0.00596. The SMILES string of the molecule is CCNC(CCN1CCC(C)(O)CC1)c1cccc(F)c1. The van der Waals surface area contributed by atoms with E-state index in [1.165, 1.54) is 6.07 Å². The Labute approximate surface area is 127 Å². The number of aliphatic hydroxyl groups is 1. The van der Waals surface area contributed by atoms with E-state index in [2.05, 4.69) is 17.1 Å². The van der Waals surface area contributed by atoms with Crippen LogP contribution in [0, 0.1) is 5.82 Å². The summed E-state index contributed by atoms with van der Waals surface area (Å²) in [6, 6.07) is 7.05. The van der Waals surface area contributed by atoms with Crippen LogP contribution in [-0.4, -0.2) is 41.8 Å². The van der Waals surface area contributed by atoms with Crippen molar-refractivity contribution in [3.05, 3.63) is 35.6 Å². The first-order chi connectivity index (χ1) is 10.00. The zero-order chi connectivity index (χ0) is 15.3. The highest BCUT2D eigenvalue weighted by Crippen LogP contribution is 2.23. The van der Waals surface area contributed by atoms with Gasteiger partial charge in [0.25, 0.3) is 0 Å². The lowest BCUT2D eigenvalue weighted by Crippen LogP contribution is -2.43. The summed E-state index contributed by atoms with van der Waals surface area (Å²) in [5.41, 5.74) is 0.515. The molecule has 1 unspecified atom stereocenters. The van der Waals surface area contributed by atoms with Crippen LogP contribution < -0.4 is 5.32 Å². The van der Waals surface area contributed by atoms with Gasteiger partial charge in [-0.25, -0.2) is 4.39 Å². The van der Waals surface area contributed by atoms with Crippen molar-refractivity contribution < 1.29 is 9.50 Å². The summed E-state index contributed by atoms with van der Waals surface area (Å²) in [4.78, 5) is 2.39. The van der Waals surface area contributed by atoms with E-state index >= 15 is 0 Å². The minimum Gasteiger partial charge on any atom is -0.390 e. The molecule has 4 heteroatoms. The monoisotopic (exact) mass is 294 g/mol. The highest BCUT2D eigenvalue weighted by Gasteiger charge is 2.27. The molecule has 1 aliphatic heterocycles. The van der Waals surface area contributed by atoms with E-state index < -0.39 is 5.60 Å². The average Bonchev–Trinajstić information content (AvgIpc) is 2.44. The number of piperidine rings is 1. The van der Waals surface area contributed by atoms with Crippen LogP contribution in [0.1, 0.15) is 44.7 Å². The molecule has 1 atom stereocenters. The highest BCUT2D eigenvalue weighted by molar-refractivity contribution is 5.20. The van der Waals surface area contributed by atoms with Gasteiger partial charge in [0.1, 0.15) is 5.82 Å². The van der Waals surface area contributed by atoms with E-state index in [-0.39, 0.29) is 11.9 Å². The molecule has 2 rings (SSSR count). The second-order valence-corrected chi connectivity index (χ2v) is 6.29. The van der Waals surface area contributed by atoms with Crippen LogP contribution in [0.3, 0.4) is 0 Å². The molecule has 0 radical (unpaired) electrons. The summed E-state index contributed by atoms with van der Waals surface area (Å²) in [6.45, 7) is 7.72.